The standard InChI is InChI=1S/C24H21F2NO3/c1-16-12-22(17(2)27(16)14-19-6-9-20(25)10-7-19)23(28)15-30-24(29)11-8-18-4-3-5-21(26)13-18/h3-13H,14-15H2,1-2H3/b11-8+. The number of aryl methyl sites for hydroxylation is 1. The van der Waals surface area contributed by atoms with Crippen molar-refractivity contribution in [3.05, 3.63) is 100 Å². The first-order valence-corrected chi connectivity index (χ1v) is 9.38. The fourth-order valence-electron chi connectivity index (χ4n) is 3.14. The van der Waals surface area contributed by atoms with Crippen LogP contribution in [0.1, 0.15) is 32.9 Å². The average molecular weight is 409 g/mol. The lowest BCUT2D eigenvalue weighted by Gasteiger charge is -2.10. The van der Waals surface area contributed by atoms with Crippen molar-refractivity contribution >= 4 is 17.8 Å². The van der Waals surface area contributed by atoms with Gasteiger partial charge in [-0.25, -0.2) is 13.6 Å². The largest absolute Gasteiger partial charge is 0.454 e. The number of rotatable bonds is 7. The molecule has 6 heteroatoms. The molecule has 1 heterocycles. The number of hydrogen-bond acceptors (Lipinski definition) is 3. The average Bonchev–Trinajstić information content (AvgIpc) is 3.00. The van der Waals surface area contributed by atoms with E-state index in [-0.39, 0.29) is 11.6 Å². The van der Waals surface area contributed by atoms with Crippen molar-refractivity contribution in [3.63, 3.8) is 0 Å². The molecular formula is C24H21F2NO3. The maximum absolute atomic E-state index is 13.1. The van der Waals surface area contributed by atoms with Crippen LogP contribution in [0.25, 0.3) is 6.08 Å². The molecule has 30 heavy (non-hydrogen) atoms. The monoisotopic (exact) mass is 409 g/mol. The van der Waals surface area contributed by atoms with Gasteiger partial charge in [-0.15, -0.1) is 0 Å². The Morgan fingerprint density at radius 2 is 1.73 bits per heavy atom. The third kappa shape index (κ3) is 5.29. The fourth-order valence-corrected chi connectivity index (χ4v) is 3.14. The minimum Gasteiger partial charge on any atom is -0.454 e. The van der Waals surface area contributed by atoms with Crippen molar-refractivity contribution in [1.29, 1.82) is 0 Å². The lowest BCUT2D eigenvalue weighted by molar-refractivity contribution is -0.136. The summed E-state index contributed by atoms with van der Waals surface area (Å²) in [6, 6.07) is 13.7. The first-order valence-electron chi connectivity index (χ1n) is 9.38. The predicted octanol–water partition coefficient (Wildman–Crippen LogP) is 4.87. The van der Waals surface area contributed by atoms with Crippen LogP contribution in [0, 0.1) is 25.5 Å². The van der Waals surface area contributed by atoms with Crippen molar-refractivity contribution < 1.29 is 23.1 Å². The molecule has 0 aliphatic rings. The zero-order chi connectivity index (χ0) is 21.7. The summed E-state index contributed by atoms with van der Waals surface area (Å²) in [4.78, 5) is 24.4. The molecule has 0 unspecified atom stereocenters. The van der Waals surface area contributed by atoms with Crippen LogP contribution in [0.4, 0.5) is 8.78 Å². The molecule has 4 nitrogen and oxygen atoms in total. The quantitative estimate of drug-likeness (QED) is 0.318. The highest BCUT2D eigenvalue weighted by molar-refractivity contribution is 6.00. The highest BCUT2D eigenvalue weighted by Gasteiger charge is 2.17. The third-order valence-corrected chi connectivity index (χ3v) is 4.73. The second-order valence-electron chi connectivity index (χ2n) is 6.92. The van der Waals surface area contributed by atoms with Crippen LogP contribution < -0.4 is 0 Å². The first-order chi connectivity index (χ1) is 14.3. The summed E-state index contributed by atoms with van der Waals surface area (Å²) >= 11 is 0. The van der Waals surface area contributed by atoms with E-state index in [1.807, 2.05) is 18.4 Å². The Morgan fingerprint density at radius 3 is 2.43 bits per heavy atom. The number of benzene rings is 2. The minimum atomic E-state index is -0.687. The second-order valence-corrected chi connectivity index (χ2v) is 6.92. The lowest BCUT2D eigenvalue weighted by atomic mass is 10.1. The van der Waals surface area contributed by atoms with E-state index in [2.05, 4.69) is 0 Å². The van der Waals surface area contributed by atoms with Crippen molar-refractivity contribution in [2.75, 3.05) is 6.61 Å². The van der Waals surface area contributed by atoms with Crippen molar-refractivity contribution in [1.82, 2.24) is 4.57 Å². The number of esters is 1. The molecule has 0 saturated heterocycles. The Bertz CT molecular complexity index is 1100. The van der Waals surface area contributed by atoms with E-state index in [0.29, 0.717) is 17.7 Å². The number of Topliss-reactive ketones (excluding diaryl/α,β-unsaturated/α-hetero) is 1. The number of carbonyl (C=O) groups excluding carboxylic acids is 2. The number of hydrogen-bond donors (Lipinski definition) is 0. The Labute approximate surface area is 173 Å². The number of ketones is 1. The maximum Gasteiger partial charge on any atom is 0.331 e. The number of carbonyl (C=O) groups is 2. The number of nitrogens with zero attached hydrogens (tertiary/aromatic N) is 1. The smallest absolute Gasteiger partial charge is 0.331 e. The zero-order valence-corrected chi connectivity index (χ0v) is 16.7. The van der Waals surface area contributed by atoms with Gasteiger partial charge in [0.1, 0.15) is 11.6 Å². The second kappa shape index (κ2) is 9.31. The van der Waals surface area contributed by atoms with Gasteiger partial charge in [0.25, 0.3) is 0 Å². The molecule has 0 spiro atoms. The van der Waals surface area contributed by atoms with Gasteiger partial charge in [0.2, 0.25) is 5.78 Å². The summed E-state index contributed by atoms with van der Waals surface area (Å²) in [5.41, 5.74) is 3.51. The van der Waals surface area contributed by atoms with Crippen molar-refractivity contribution in [2.24, 2.45) is 0 Å². The molecule has 0 fully saturated rings. The Morgan fingerprint density at radius 1 is 1.00 bits per heavy atom. The molecule has 0 aliphatic carbocycles. The summed E-state index contributed by atoms with van der Waals surface area (Å²) in [6.45, 7) is 3.80. The summed E-state index contributed by atoms with van der Waals surface area (Å²) in [5, 5.41) is 0. The van der Waals surface area contributed by atoms with E-state index >= 15 is 0 Å². The Hall–Kier alpha value is -3.54. The van der Waals surface area contributed by atoms with Gasteiger partial charge in [-0.3, -0.25) is 4.79 Å². The third-order valence-electron chi connectivity index (χ3n) is 4.73. The molecule has 0 bridgehead atoms. The lowest BCUT2D eigenvalue weighted by Crippen LogP contribution is -2.13. The normalized spacial score (nSPS) is 11.1. The van der Waals surface area contributed by atoms with Gasteiger partial charge >= 0.3 is 5.97 Å². The van der Waals surface area contributed by atoms with E-state index in [1.54, 1.807) is 24.3 Å². The van der Waals surface area contributed by atoms with Gasteiger partial charge in [-0.2, -0.15) is 0 Å². The van der Waals surface area contributed by atoms with E-state index in [1.165, 1.54) is 36.4 Å². The van der Waals surface area contributed by atoms with E-state index in [0.717, 1.165) is 23.0 Å². The van der Waals surface area contributed by atoms with Crippen LogP contribution in [0.15, 0.2) is 60.7 Å². The molecule has 2 aromatic carbocycles. The molecule has 154 valence electrons. The maximum atomic E-state index is 13.1. The number of aromatic nitrogens is 1. The van der Waals surface area contributed by atoms with Crippen LogP contribution >= 0.6 is 0 Å². The van der Waals surface area contributed by atoms with Crippen LogP contribution in [0.5, 0.6) is 0 Å². The minimum absolute atomic E-state index is 0.302. The van der Waals surface area contributed by atoms with Crippen LogP contribution in [0.3, 0.4) is 0 Å². The molecule has 0 amide bonds. The van der Waals surface area contributed by atoms with Gasteiger partial charge in [0.05, 0.1) is 0 Å². The van der Waals surface area contributed by atoms with Crippen LogP contribution in [0.2, 0.25) is 0 Å². The van der Waals surface area contributed by atoms with Crippen molar-refractivity contribution in [2.45, 2.75) is 20.4 Å². The Balaban J connectivity index is 1.62. The van der Waals surface area contributed by atoms with Crippen LogP contribution in [-0.4, -0.2) is 22.9 Å². The number of halogens is 2. The molecule has 0 aliphatic heterocycles. The predicted molar refractivity (Wildman–Crippen MR) is 110 cm³/mol. The highest BCUT2D eigenvalue weighted by atomic mass is 19.1. The van der Waals surface area contributed by atoms with Gasteiger partial charge in [-0.05, 0) is 61.4 Å². The van der Waals surface area contributed by atoms with E-state index in [4.69, 9.17) is 4.74 Å². The zero-order valence-electron chi connectivity index (χ0n) is 16.7. The molecule has 1 aromatic heterocycles. The van der Waals surface area contributed by atoms with Crippen LogP contribution in [-0.2, 0) is 16.1 Å². The summed E-state index contributed by atoms with van der Waals surface area (Å²) in [6.07, 6.45) is 2.57. The van der Waals surface area contributed by atoms with Gasteiger partial charge < -0.3 is 9.30 Å². The highest BCUT2D eigenvalue weighted by Crippen LogP contribution is 2.18. The SMILES string of the molecule is Cc1cc(C(=O)COC(=O)/C=C/c2cccc(F)c2)c(C)n1Cc1ccc(F)cc1. The first kappa shape index (κ1) is 21.2. The van der Waals surface area contributed by atoms with E-state index < -0.39 is 18.4 Å². The molecule has 3 aromatic rings. The fraction of sp³-hybridized carbons (Fsp3) is 0.167. The summed E-state index contributed by atoms with van der Waals surface area (Å²) in [7, 11) is 0. The molecule has 3 rings (SSSR count). The molecular weight excluding hydrogens is 388 g/mol. The van der Waals surface area contributed by atoms with E-state index in [9.17, 15) is 18.4 Å². The van der Waals surface area contributed by atoms with Gasteiger partial charge in [0.15, 0.2) is 6.61 Å². The molecule has 0 radical (unpaired) electrons. The van der Waals surface area contributed by atoms with Gasteiger partial charge in [0, 0.05) is 29.6 Å². The molecule has 0 atom stereocenters. The topological polar surface area (TPSA) is 48.3 Å². The summed E-state index contributed by atoms with van der Waals surface area (Å²) < 4.78 is 33.2. The van der Waals surface area contributed by atoms with Crippen molar-refractivity contribution in [3.8, 4) is 0 Å². The number of ether oxygens (including phenoxy) is 1. The summed E-state index contributed by atoms with van der Waals surface area (Å²) in [5.74, 6) is -1.71. The Kier molecular flexibility index (Phi) is 6.57. The molecule has 0 N–H and O–H groups in total. The van der Waals surface area contributed by atoms with Gasteiger partial charge in [-0.1, -0.05) is 24.3 Å². The molecule has 0 saturated carbocycles.